The molecule has 0 aliphatic rings. The van der Waals surface area contributed by atoms with E-state index in [-0.39, 0.29) is 5.69 Å². The average Bonchev–Trinajstić information content (AvgIpc) is 3.43. The van der Waals surface area contributed by atoms with Gasteiger partial charge in [0.2, 0.25) is 5.82 Å². The number of benzene rings is 1. The number of pyridine rings is 1. The fourth-order valence-corrected chi connectivity index (χ4v) is 3.81. The first kappa shape index (κ1) is 21.7. The number of aromatic nitrogens is 7. The van der Waals surface area contributed by atoms with Gasteiger partial charge in [0.05, 0.1) is 12.2 Å². The van der Waals surface area contributed by atoms with E-state index in [9.17, 15) is 4.79 Å². The fraction of sp³-hybridized carbons (Fsp3) is 0.375. The highest BCUT2D eigenvalue weighted by atomic mass is 16.1. The van der Waals surface area contributed by atoms with E-state index >= 15 is 0 Å². The molecule has 32 heavy (non-hydrogen) atoms. The lowest BCUT2D eigenvalue weighted by Crippen LogP contribution is -2.26. The number of aryl methyl sites for hydroxylation is 2. The van der Waals surface area contributed by atoms with Gasteiger partial charge in [-0.2, -0.15) is 5.21 Å². The van der Waals surface area contributed by atoms with Gasteiger partial charge in [0.25, 0.3) is 0 Å². The molecule has 0 saturated heterocycles. The monoisotopic (exact) mass is 431 g/mol. The molecule has 0 aliphatic heterocycles. The number of nitrogens with one attached hydrogen (secondary N) is 1. The first-order chi connectivity index (χ1) is 15.6. The number of imidazole rings is 1. The Labute approximate surface area is 187 Å². The van der Waals surface area contributed by atoms with Crippen LogP contribution in [0.4, 0.5) is 0 Å². The largest absolute Gasteiger partial charge is 0.328 e. The van der Waals surface area contributed by atoms with Crippen molar-refractivity contribution in [2.24, 2.45) is 5.92 Å². The summed E-state index contributed by atoms with van der Waals surface area (Å²) in [7, 11) is 0. The third-order valence-corrected chi connectivity index (χ3v) is 5.54. The van der Waals surface area contributed by atoms with Crippen LogP contribution >= 0.6 is 0 Å². The minimum atomic E-state index is 0.0716. The van der Waals surface area contributed by atoms with Gasteiger partial charge >= 0.3 is 5.69 Å². The molecule has 0 amide bonds. The Bertz CT molecular complexity index is 1200. The second-order valence-corrected chi connectivity index (χ2v) is 8.45. The molecule has 166 valence electrons. The molecule has 1 aromatic carbocycles. The van der Waals surface area contributed by atoms with Crippen molar-refractivity contribution in [2.45, 2.75) is 53.1 Å². The summed E-state index contributed by atoms with van der Waals surface area (Å²) in [6.07, 6.45) is 6.68. The maximum Gasteiger partial charge on any atom is 0.328 e. The van der Waals surface area contributed by atoms with Crippen LogP contribution in [0.3, 0.4) is 0 Å². The summed E-state index contributed by atoms with van der Waals surface area (Å²) < 4.78 is 3.77. The molecular formula is C24H29N7O. The predicted octanol–water partition coefficient (Wildman–Crippen LogP) is 3.94. The van der Waals surface area contributed by atoms with Gasteiger partial charge in [0, 0.05) is 35.8 Å². The van der Waals surface area contributed by atoms with E-state index < -0.39 is 0 Å². The summed E-state index contributed by atoms with van der Waals surface area (Å²) in [5.74, 6) is 1.08. The van der Waals surface area contributed by atoms with E-state index in [0.717, 1.165) is 53.9 Å². The van der Waals surface area contributed by atoms with E-state index in [4.69, 9.17) is 0 Å². The van der Waals surface area contributed by atoms with Crippen molar-refractivity contribution in [2.75, 3.05) is 0 Å². The molecule has 0 unspecified atom stereocenters. The van der Waals surface area contributed by atoms with Gasteiger partial charge in [-0.05, 0) is 41.7 Å². The Balaban J connectivity index is 1.60. The highest BCUT2D eigenvalue weighted by Gasteiger charge is 2.14. The number of aromatic amines is 1. The zero-order chi connectivity index (χ0) is 22.5. The van der Waals surface area contributed by atoms with Crippen molar-refractivity contribution < 1.29 is 0 Å². The zero-order valence-corrected chi connectivity index (χ0v) is 18.8. The van der Waals surface area contributed by atoms with Crippen LogP contribution in [0.1, 0.15) is 44.9 Å². The molecule has 0 bridgehead atoms. The lowest BCUT2D eigenvalue weighted by Gasteiger charge is -2.09. The SMILES string of the molecule is CCCc1cn(CCC(C)C)c(=O)n1Cc1ccc(-c2ncccc2-c2nn[nH]n2)cc1. The quantitative estimate of drug-likeness (QED) is 0.433. The molecular weight excluding hydrogens is 402 g/mol. The van der Waals surface area contributed by atoms with Gasteiger partial charge < -0.3 is 0 Å². The molecule has 8 heteroatoms. The van der Waals surface area contributed by atoms with E-state index in [0.29, 0.717) is 18.3 Å². The van der Waals surface area contributed by atoms with Gasteiger partial charge in [0.15, 0.2) is 0 Å². The third-order valence-electron chi connectivity index (χ3n) is 5.54. The second kappa shape index (κ2) is 9.72. The molecule has 4 aromatic rings. The number of tetrazole rings is 1. The lowest BCUT2D eigenvalue weighted by atomic mass is 10.0. The standard InChI is InChI=1S/C24H29N7O/c1-4-6-20-16-30(14-12-17(2)3)24(32)31(20)15-18-8-10-19(11-9-18)22-21(7-5-13-25-22)23-26-28-29-27-23/h5,7-11,13,16-17H,4,6,12,14-15H2,1-3H3,(H,26,27,28,29). The minimum Gasteiger partial charge on any atom is -0.299 e. The van der Waals surface area contributed by atoms with Crippen molar-refractivity contribution in [1.82, 2.24) is 34.7 Å². The Kier molecular flexibility index (Phi) is 6.58. The normalized spacial score (nSPS) is 11.4. The van der Waals surface area contributed by atoms with Crippen molar-refractivity contribution in [3.8, 4) is 22.6 Å². The Morgan fingerprint density at radius 2 is 1.94 bits per heavy atom. The highest BCUT2D eigenvalue weighted by Crippen LogP contribution is 2.27. The van der Waals surface area contributed by atoms with E-state index in [1.807, 2.05) is 39.6 Å². The zero-order valence-electron chi connectivity index (χ0n) is 18.8. The lowest BCUT2D eigenvalue weighted by molar-refractivity contribution is 0.502. The van der Waals surface area contributed by atoms with Crippen LogP contribution in [0.25, 0.3) is 22.6 Å². The molecule has 3 heterocycles. The maximum atomic E-state index is 13.0. The van der Waals surface area contributed by atoms with Crippen LogP contribution < -0.4 is 5.69 Å². The number of rotatable bonds is 9. The van der Waals surface area contributed by atoms with Gasteiger partial charge in [-0.1, -0.05) is 51.5 Å². The Morgan fingerprint density at radius 3 is 2.62 bits per heavy atom. The first-order valence-corrected chi connectivity index (χ1v) is 11.1. The van der Waals surface area contributed by atoms with Gasteiger partial charge in [0.1, 0.15) is 0 Å². The predicted molar refractivity (Wildman–Crippen MR) is 124 cm³/mol. The second-order valence-electron chi connectivity index (χ2n) is 8.45. The van der Waals surface area contributed by atoms with Crippen molar-refractivity contribution in [3.63, 3.8) is 0 Å². The van der Waals surface area contributed by atoms with Gasteiger partial charge in [-0.15, -0.1) is 10.2 Å². The molecule has 3 aromatic heterocycles. The molecule has 8 nitrogen and oxygen atoms in total. The van der Waals surface area contributed by atoms with Crippen LogP contribution in [0.2, 0.25) is 0 Å². The van der Waals surface area contributed by atoms with Crippen molar-refractivity contribution >= 4 is 0 Å². The maximum absolute atomic E-state index is 13.0. The topological polar surface area (TPSA) is 94.3 Å². The molecule has 0 saturated carbocycles. The number of nitrogens with zero attached hydrogens (tertiary/aromatic N) is 6. The van der Waals surface area contributed by atoms with Gasteiger partial charge in [-0.25, -0.2) is 4.79 Å². The fourth-order valence-electron chi connectivity index (χ4n) is 3.81. The van der Waals surface area contributed by atoms with Crippen LogP contribution in [0, 0.1) is 5.92 Å². The minimum absolute atomic E-state index is 0.0716. The van der Waals surface area contributed by atoms with Crippen LogP contribution in [0.15, 0.2) is 53.6 Å². The van der Waals surface area contributed by atoms with E-state index in [1.165, 1.54) is 0 Å². The van der Waals surface area contributed by atoms with Gasteiger partial charge in [-0.3, -0.25) is 14.1 Å². The molecule has 0 fully saturated rings. The summed E-state index contributed by atoms with van der Waals surface area (Å²) in [6, 6.07) is 11.9. The molecule has 0 spiro atoms. The van der Waals surface area contributed by atoms with Crippen LogP contribution in [-0.2, 0) is 19.5 Å². The molecule has 4 rings (SSSR count). The summed E-state index contributed by atoms with van der Waals surface area (Å²) in [5, 5.41) is 14.3. The van der Waals surface area contributed by atoms with Crippen LogP contribution in [0.5, 0.6) is 0 Å². The third kappa shape index (κ3) is 4.69. The summed E-state index contributed by atoms with van der Waals surface area (Å²) >= 11 is 0. The molecule has 0 atom stereocenters. The summed E-state index contributed by atoms with van der Waals surface area (Å²) in [5.41, 5.74) is 4.81. The molecule has 0 aliphatic carbocycles. The molecule has 0 radical (unpaired) electrons. The average molecular weight is 432 g/mol. The smallest absolute Gasteiger partial charge is 0.299 e. The first-order valence-electron chi connectivity index (χ1n) is 11.1. The number of hydrogen-bond acceptors (Lipinski definition) is 5. The number of hydrogen-bond donors (Lipinski definition) is 1. The Hall–Kier alpha value is -3.55. The van der Waals surface area contributed by atoms with E-state index in [2.05, 4.69) is 58.5 Å². The van der Waals surface area contributed by atoms with Crippen molar-refractivity contribution in [3.05, 3.63) is 70.5 Å². The summed E-state index contributed by atoms with van der Waals surface area (Å²) in [6.45, 7) is 7.83. The van der Waals surface area contributed by atoms with Crippen LogP contribution in [-0.4, -0.2) is 34.7 Å². The van der Waals surface area contributed by atoms with Crippen molar-refractivity contribution in [1.29, 1.82) is 0 Å². The van der Waals surface area contributed by atoms with E-state index in [1.54, 1.807) is 6.20 Å². The number of H-pyrrole nitrogens is 1. The summed E-state index contributed by atoms with van der Waals surface area (Å²) in [4.78, 5) is 17.6. The highest BCUT2D eigenvalue weighted by molar-refractivity contribution is 5.76. The molecule has 1 N–H and O–H groups in total. The Morgan fingerprint density at radius 1 is 1.12 bits per heavy atom.